The van der Waals surface area contributed by atoms with Gasteiger partial charge in [0.25, 0.3) is 5.91 Å². The van der Waals surface area contributed by atoms with E-state index in [4.69, 9.17) is 9.47 Å². The van der Waals surface area contributed by atoms with Crippen LogP contribution in [-0.4, -0.2) is 49.2 Å². The molecule has 0 aliphatic heterocycles. The summed E-state index contributed by atoms with van der Waals surface area (Å²) in [6.45, 7) is 5.35. The summed E-state index contributed by atoms with van der Waals surface area (Å²) in [6.07, 6.45) is 0.661. The summed E-state index contributed by atoms with van der Waals surface area (Å²) in [5.74, 6) is -1.69. The first-order valence-corrected chi connectivity index (χ1v) is 8.32. The highest BCUT2D eigenvalue weighted by atomic mass is 19.1. The van der Waals surface area contributed by atoms with Crippen LogP contribution in [0.3, 0.4) is 0 Å². The number of nitrogens with one attached hydrogen (secondary N) is 1. The molecule has 0 bridgehead atoms. The summed E-state index contributed by atoms with van der Waals surface area (Å²) in [6, 6.07) is 3.23. The Balaban J connectivity index is 2.02. The van der Waals surface area contributed by atoms with Gasteiger partial charge in [0, 0.05) is 26.3 Å². The average Bonchev–Trinajstić information content (AvgIpc) is 2.88. The lowest BCUT2D eigenvalue weighted by atomic mass is 10.2. The third-order valence-corrected chi connectivity index (χ3v) is 3.84. The number of methoxy groups -OCH3 is 1. The van der Waals surface area contributed by atoms with Crippen molar-refractivity contribution in [2.75, 3.05) is 33.5 Å². The minimum absolute atomic E-state index is 0.0950. The van der Waals surface area contributed by atoms with E-state index in [0.717, 1.165) is 12.1 Å². The Bertz CT molecular complexity index is 762. The maximum atomic E-state index is 14.0. The maximum Gasteiger partial charge on any atom is 0.255 e. The molecule has 0 unspecified atom stereocenters. The Morgan fingerprint density at radius 3 is 2.69 bits per heavy atom. The zero-order chi connectivity index (χ0) is 19.1. The van der Waals surface area contributed by atoms with E-state index in [-0.39, 0.29) is 11.6 Å². The number of carbonyl (C=O) groups is 1. The molecule has 6 nitrogen and oxygen atoms in total. The number of amides is 1. The molecule has 0 aliphatic carbocycles. The van der Waals surface area contributed by atoms with Gasteiger partial charge in [-0.05, 0) is 32.4 Å². The quantitative estimate of drug-likeness (QED) is 0.692. The van der Waals surface area contributed by atoms with Gasteiger partial charge in [-0.1, -0.05) is 0 Å². The molecule has 1 aromatic heterocycles. The molecule has 0 spiro atoms. The predicted molar refractivity (Wildman–Crippen MR) is 92.6 cm³/mol. The normalized spacial score (nSPS) is 11.0. The zero-order valence-electron chi connectivity index (χ0n) is 15.1. The fraction of sp³-hybridized carbons (Fsp3) is 0.444. The van der Waals surface area contributed by atoms with E-state index in [9.17, 15) is 13.6 Å². The van der Waals surface area contributed by atoms with Gasteiger partial charge in [0.15, 0.2) is 5.82 Å². The Kier molecular flexibility index (Phi) is 7.23. The van der Waals surface area contributed by atoms with Crippen LogP contribution in [0.4, 0.5) is 8.78 Å². The summed E-state index contributed by atoms with van der Waals surface area (Å²) in [5, 5.41) is 7.03. The molecule has 142 valence electrons. The molecule has 1 aromatic carbocycles. The van der Waals surface area contributed by atoms with Gasteiger partial charge in [-0.15, -0.1) is 0 Å². The number of hydrogen-bond acceptors (Lipinski definition) is 4. The van der Waals surface area contributed by atoms with Crippen molar-refractivity contribution in [3.05, 3.63) is 46.8 Å². The predicted octanol–water partition coefficient (Wildman–Crippen LogP) is 2.55. The molecule has 1 N–H and O–H groups in total. The van der Waals surface area contributed by atoms with Crippen LogP contribution in [0.25, 0.3) is 5.69 Å². The van der Waals surface area contributed by atoms with E-state index in [0.29, 0.717) is 49.7 Å². The number of carbonyl (C=O) groups excluding carboxylic acids is 1. The first-order chi connectivity index (χ1) is 12.5. The van der Waals surface area contributed by atoms with Gasteiger partial charge in [-0.25, -0.2) is 13.5 Å². The number of aromatic nitrogens is 2. The molecule has 1 heterocycles. The van der Waals surface area contributed by atoms with Gasteiger partial charge in [0.2, 0.25) is 0 Å². The first kappa shape index (κ1) is 20.0. The van der Waals surface area contributed by atoms with Crippen molar-refractivity contribution < 1.29 is 23.0 Å². The van der Waals surface area contributed by atoms with Crippen LogP contribution in [0.15, 0.2) is 18.2 Å². The SMILES string of the molecule is COCCOCCCNC(=O)c1c(C)nn(-c2ccc(F)cc2F)c1C. The van der Waals surface area contributed by atoms with Crippen molar-refractivity contribution >= 4 is 5.91 Å². The summed E-state index contributed by atoms with van der Waals surface area (Å²) in [7, 11) is 1.60. The van der Waals surface area contributed by atoms with Gasteiger partial charge < -0.3 is 14.8 Å². The number of benzene rings is 1. The Morgan fingerprint density at radius 2 is 2.00 bits per heavy atom. The summed E-state index contributed by atoms with van der Waals surface area (Å²) < 4.78 is 38.6. The van der Waals surface area contributed by atoms with Gasteiger partial charge in [-0.3, -0.25) is 4.79 Å². The molecule has 2 aromatic rings. The van der Waals surface area contributed by atoms with E-state index in [1.165, 1.54) is 10.7 Å². The Morgan fingerprint density at radius 1 is 1.23 bits per heavy atom. The number of rotatable bonds is 9. The summed E-state index contributed by atoms with van der Waals surface area (Å²) >= 11 is 0. The lowest BCUT2D eigenvalue weighted by Crippen LogP contribution is -2.26. The second-order valence-corrected chi connectivity index (χ2v) is 5.77. The van der Waals surface area contributed by atoms with Crippen molar-refractivity contribution in [3.63, 3.8) is 0 Å². The van der Waals surface area contributed by atoms with E-state index in [2.05, 4.69) is 10.4 Å². The van der Waals surface area contributed by atoms with Crippen LogP contribution >= 0.6 is 0 Å². The standard InChI is InChI=1S/C18H23F2N3O3/c1-12-17(18(24)21-7-4-8-26-10-9-25-3)13(2)23(22-12)16-6-5-14(19)11-15(16)20/h5-6,11H,4,7-10H2,1-3H3,(H,21,24). The summed E-state index contributed by atoms with van der Waals surface area (Å²) in [4.78, 5) is 12.4. The number of hydrogen-bond donors (Lipinski definition) is 1. The average molecular weight is 367 g/mol. The van der Waals surface area contributed by atoms with Crippen molar-refractivity contribution in [2.45, 2.75) is 20.3 Å². The number of nitrogens with zero attached hydrogens (tertiary/aromatic N) is 2. The zero-order valence-corrected chi connectivity index (χ0v) is 15.1. The molecule has 0 radical (unpaired) electrons. The number of ether oxygens (including phenoxy) is 2. The fourth-order valence-corrected chi connectivity index (χ4v) is 2.57. The third kappa shape index (κ3) is 4.86. The molecule has 0 saturated carbocycles. The van der Waals surface area contributed by atoms with E-state index in [1.807, 2.05) is 0 Å². The molecular weight excluding hydrogens is 344 g/mol. The molecule has 0 saturated heterocycles. The minimum Gasteiger partial charge on any atom is -0.382 e. The van der Waals surface area contributed by atoms with Gasteiger partial charge in [-0.2, -0.15) is 5.10 Å². The topological polar surface area (TPSA) is 65.4 Å². The molecule has 1 amide bonds. The molecule has 0 aliphatic rings. The first-order valence-electron chi connectivity index (χ1n) is 8.32. The minimum atomic E-state index is -0.740. The molecule has 0 atom stereocenters. The van der Waals surface area contributed by atoms with Gasteiger partial charge in [0.05, 0.1) is 30.2 Å². The lowest BCUT2D eigenvalue weighted by Gasteiger charge is -2.08. The Hall–Kier alpha value is -2.32. The van der Waals surface area contributed by atoms with Gasteiger partial charge >= 0.3 is 0 Å². The van der Waals surface area contributed by atoms with Crippen LogP contribution in [0.1, 0.15) is 28.2 Å². The van der Waals surface area contributed by atoms with Crippen molar-refractivity contribution in [1.29, 1.82) is 0 Å². The maximum absolute atomic E-state index is 14.0. The molecule has 8 heteroatoms. The second-order valence-electron chi connectivity index (χ2n) is 5.77. The highest BCUT2D eigenvalue weighted by Crippen LogP contribution is 2.20. The van der Waals surface area contributed by atoms with Crippen LogP contribution < -0.4 is 5.32 Å². The van der Waals surface area contributed by atoms with E-state index in [1.54, 1.807) is 21.0 Å². The van der Waals surface area contributed by atoms with Crippen LogP contribution in [0.2, 0.25) is 0 Å². The highest BCUT2D eigenvalue weighted by Gasteiger charge is 2.20. The number of aryl methyl sites for hydroxylation is 1. The second kappa shape index (κ2) is 9.40. The largest absolute Gasteiger partial charge is 0.382 e. The monoisotopic (exact) mass is 367 g/mol. The van der Waals surface area contributed by atoms with Gasteiger partial charge in [0.1, 0.15) is 11.5 Å². The van der Waals surface area contributed by atoms with Crippen molar-refractivity contribution in [2.24, 2.45) is 0 Å². The lowest BCUT2D eigenvalue weighted by molar-refractivity contribution is 0.0688. The summed E-state index contributed by atoms with van der Waals surface area (Å²) in [5.41, 5.74) is 1.44. The van der Waals surface area contributed by atoms with E-state index < -0.39 is 11.6 Å². The van der Waals surface area contributed by atoms with Crippen molar-refractivity contribution in [1.82, 2.24) is 15.1 Å². The van der Waals surface area contributed by atoms with Crippen molar-refractivity contribution in [3.8, 4) is 5.69 Å². The number of halogens is 2. The highest BCUT2D eigenvalue weighted by molar-refractivity contribution is 5.96. The van der Waals surface area contributed by atoms with Crippen LogP contribution in [0, 0.1) is 25.5 Å². The third-order valence-electron chi connectivity index (χ3n) is 3.84. The molecule has 2 rings (SSSR count). The van der Waals surface area contributed by atoms with Crippen LogP contribution in [0.5, 0.6) is 0 Å². The fourth-order valence-electron chi connectivity index (χ4n) is 2.57. The molecular formula is C18H23F2N3O3. The smallest absolute Gasteiger partial charge is 0.255 e. The molecule has 26 heavy (non-hydrogen) atoms. The Labute approximate surface area is 151 Å². The van der Waals surface area contributed by atoms with E-state index >= 15 is 0 Å². The molecule has 0 fully saturated rings. The van der Waals surface area contributed by atoms with Crippen LogP contribution in [-0.2, 0) is 9.47 Å².